The van der Waals surface area contributed by atoms with Crippen molar-refractivity contribution in [1.29, 1.82) is 10.8 Å². The second-order valence-electron chi connectivity index (χ2n) is 8.46. The topological polar surface area (TPSA) is 95.2 Å². The van der Waals surface area contributed by atoms with E-state index in [4.69, 9.17) is 20.3 Å². The first kappa shape index (κ1) is 20.6. The fourth-order valence-corrected chi connectivity index (χ4v) is 6.30. The minimum Gasteiger partial charge on any atom is -0.375 e. The molecule has 0 saturated carbocycles. The number of nitrogens with zero attached hydrogens (tertiary/aromatic N) is 3. The number of nitrogens with one attached hydrogen (secondary N) is 2. The van der Waals surface area contributed by atoms with Crippen molar-refractivity contribution in [2.75, 3.05) is 36.3 Å². The van der Waals surface area contributed by atoms with Crippen LogP contribution in [0.3, 0.4) is 0 Å². The Morgan fingerprint density at radius 3 is 2.83 bits per heavy atom. The molecule has 2 N–H and O–H groups in total. The molecule has 0 aromatic carbocycles. The van der Waals surface area contributed by atoms with Crippen LogP contribution in [0.15, 0.2) is 12.4 Å². The smallest absolute Gasteiger partial charge is 0.132 e. The van der Waals surface area contributed by atoms with Gasteiger partial charge in [0.25, 0.3) is 0 Å². The highest BCUT2D eigenvalue weighted by molar-refractivity contribution is 8.16. The summed E-state index contributed by atoms with van der Waals surface area (Å²) in [5.41, 5.74) is 1.65. The average Bonchev–Trinajstić information content (AvgIpc) is 3.33. The molecule has 2 unspecified atom stereocenters. The molecular formula is C21H31N5O2S. The number of hydrogen-bond donors (Lipinski definition) is 2. The van der Waals surface area contributed by atoms with E-state index in [9.17, 15) is 0 Å². The molecule has 3 aliphatic rings. The minimum atomic E-state index is -0.201. The number of anilines is 1. The second-order valence-corrected chi connectivity index (χ2v) is 10.3. The molecule has 4 rings (SSSR count). The maximum atomic E-state index is 8.68. The zero-order valence-electron chi connectivity index (χ0n) is 17.3. The highest BCUT2D eigenvalue weighted by Gasteiger charge is 2.38. The van der Waals surface area contributed by atoms with E-state index in [1.165, 1.54) is 12.8 Å². The zero-order chi connectivity index (χ0) is 20.4. The van der Waals surface area contributed by atoms with Gasteiger partial charge in [0.1, 0.15) is 12.1 Å². The Labute approximate surface area is 175 Å². The third-order valence-corrected chi connectivity index (χ3v) is 7.85. The molecule has 0 amide bonds. The van der Waals surface area contributed by atoms with Crippen molar-refractivity contribution in [3.8, 4) is 0 Å². The molecule has 1 spiro atoms. The molecule has 4 heterocycles. The van der Waals surface area contributed by atoms with Crippen LogP contribution in [0.2, 0.25) is 0 Å². The molecule has 29 heavy (non-hydrogen) atoms. The van der Waals surface area contributed by atoms with Crippen LogP contribution in [-0.2, 0) is 9.47 Å². The standard InChI is InChI=1S/C21H31N5O2S/c1-15(2)27-14-29-11-16(17(22)12-29)20(23)18-10-19(25-13-24-18)26-7-5-21(6-8-26)4-3-9-28-21/h10,12-13,15-16,22-23H,3-9,11,14H2,1-2H3. The van der Waals surface area contributed by atoms with Gasteiger partial charge in [-0.1, -0.05) is 0 Å². The number of ether oxygens (including phenoxy) is 2. The quantitative estimate of drug-likeness (QED) is 0.548. The van der Waals surface area contributed by atoms with E-state index >= 15 is 0 Å². The Kier molecular flexibility index (Phi) is 6.13. The normalized spacial score (nSPS) is 26.3. The van der Waals surface area contributed by atoms with Gasteiger partial charge >= 0.3 is 0 Å². The molecule has 2 fully saturated rings. The molecule has 1 aromatic rings. The summed E-state index contributed by atoms with van der Waals surface area (Å²) in [6.07, 6.45) is 6.15. The van der Waals surface area contributed by atoms with Gasteiger partial charge in [-0.15, -0.1) is 0 Å². The lowest BCUT2D eigenvalue weighted by Crippen LogP contribution is -2.44. The van der Waals surface area contributed by atoms with Crippen molar-refractivity contribution in [2.45, 2.75) is 51.2 Å². The first-order valence-corrected chi connectivity index (χ1v) is 12.1. The number of piperidine rings is 1. The van der Waals surface area contributed by atoms with Gasteiger partial charge in [-0.2, -0.15) is 10.5 Å². The van der Waals surface area contributed by atoms with Gasteiger partial charge in [0.05, 0.1) is 35.0 Å². The van der Waals surface area contributed by atoms with Gasteiger partial charge in [0, 0.05) is 37.2 Å². The van der Waals surface area contributed by atoms with Gasteiger partial charge < -0.3 is 25.2 Å². The highest BCUT2D eigenvalue weighted by atomic mass is 32.2. The van der Waals surface area contributed by atoms with Crippen molar-refractivity contribution in [3.63, 3.8) is 0 Å². The van der Waals surface area contributed by atoms with Crippen molar-refractivity contribution >= 4 is 33.1 Å². The Morgan fingerprint density at radius 2 is 2.14 bits per heavy atom. The molecule has 158 valence electrons. The SMILES string of the molecule is CC(C)OCS1=CC(=N)C(C(=N)c2cc(N3CCC4(CCCO4)CC3)ncn2)C1. The largest absolute Gasteiger partial charge is 0.375 e. The number of rotatable bonds is 6. The molecule has 1 aromatic heterocycles. The Balaban J connectivity index is 1.40. The summed E-state index contributed by atoms with van der Waals surface area (Å²) in [5, 5.41) is 19.0. The average molecular weight is 418 g/mol. The van der Waals surface area contributed by atoms with Crippen LogP contribution in [0.4, 0.5) is 5.82 Å². The van der Waals surface area contributed by atoms with Crippen molar-refractivity contribution in [1.82, 2.24) is 9.97 Å². The lowest BCUT2D eigenvalue weighted by Gasteiger charge is -2.39. The van der Waals surface area contributed by atoms with E-state index in [-0.39, 0.29) is 28.1 Å². The Bertz CT molecular complexity index is 809. The molecular weight excluding hydrogens is 386 g/mol. The lowest BCUT2D eigenvalue weighted by atomic mass is 9.88. The Morgan fingerprint density at radius 1 is 1.34 bits per heavy atom. The van der Waals surface area contributed by atoms with Crippen LogP contribution < -0.4 is 4.90 Å². The molecule has 2 atom stereocenters. The van der Waals surface area contributed by atoms with Crippen LogP contribution in [0, 0.1) is 16.7 Å². The van der Waals surface area contributed by atoms with E-state index in [0.717, 1.165) is 44.1 Å². The summed E-state index contributed by atoms with van der Waals surface area (Å²) in [6.45, 7) is 6.78. The van der Waals surface area contributed by atoms with Crippen LogP contribution in [0.1, 0.15) is 45.2 Å². The maximum absolute atomic E-state index is 8.68. The number of aromatic nitrogens is 2. The molecule has 0 bridgehead atoms. The predicted octanol–water partition coefficient (Wildman–Crippen LogP) is 3.10. The highest BCUT2D eigenvalue weighted by Crippen LogP contribution is 2.36. The Hall–Kier alpha value is -1.64. The minimum absolute atomic E-state index is 0.0851. The molecule has 2 saturated heterocycles. The molecule has 7 nitrogen and oxygen atoms in total. The predicted molar refractivity (Wildman–Crippen MR) is 119 cm³/mol. The third-order valence-electron chi connectivity index (χ3n) is 6.06. The van der Waals surface area contributed by atoms with Gasteiger partial charge in [-0.3, -0.25) is 0 Å². The van der Waals surface area contributed by atoms with Crippen molar-refractivity contribution in [3.05, 3.63) is 18.1 Å². The van der Waals surface area contributed by atoms with E-state index < -0.39 is 0 Å². The summed E-state index contributed by atoms with van der Waals surface area (Å²) in [5.74, 6) is 2.08. The fraction of sp³-hybridized carbons (Fsp3) is 0.667. The van der Waals surface area contributed by atoms with E-state index in [1.54, 1.807) is 6.33 Å². The van der Waals surface area contributed by atoms with Crippen LogP contribution in [-0.4, -0.2) is 69.9 Å². The summed E-state index contributed by atoms with van der Waals surface area (Å²) < 4.78 is 11.7. The van der Waals surface area contributed by atoms with Crippen molar-refractivity contribution in [2.24, 2.45) is 5.92 Å². The third kappa shape index (κ3) is 4.59. The van der Waals surface area contributed by atoms with Gasteiger partial charge in [-0.25, -0.2) is 9.97 Å². The molecule has 8 heteroatoms. The maximum Gasteiger partial charge on any atom is 0.132 e. The zero-order valence-corrected chi connectivity index (χ0v) is 18.1. The van der Waals surface area contributed by atoms with Crippen LogP contribution in [0.5, 0.6) is 0 Å². The van der Waals surface area contributed by atoms with Crippen LogP contribution in [0.25, 0.3) is 0 Å². The summed E-state index contributed by atoms with van der Waals surface area (Å²) in [7, 11) is -0.0974. The monoisotopic (exact) mass is 417 g/mol. The first-order chi connectivity index (χ1) is 14.0. The van der Waals surface area contributed by atoms with Crippen molar-refractivity contribution < 1.29 is 9.47 Å². The van der Waals surface area contributed by atoms with E-state index in [1.807, 2.05) is 25.3 Å². The lowest BCUT2D eigenvalue weighted by molar-refractivity contribution is -0.0147. The van der Waals surface area contributed by atoms with Gasteiger partial charge in [0.15, 0.2) is 0 Å². The fourth-order valence-electron chi connectivity index (χ4n) is 4.30. The van der Waals surface area contributed by atoms with Gasteiger partial charge in [-0.05, 0) is 44.9 Å². The van der Waals surface area contributed by atoms with E-state index in [0.29, 0.717) is 23.1 Å². The second kappa shape index (κ2) is 8.62. The first-order valence-electron chi connectivity index (χ1n) is 10.5. The van der Waals surface area contributed by atoms with Crippen LogP contribution >= 0.6 is 10.5 Å². The van der Waals surface area contributed by atoms with Gasteiger partial charge in [0.2, 0.25) is 0 Å². The summed E-state index contributed by atoms with van der Waals surface area (Å²) >= 11 is 0. The van der Waals surface area contributed by atoms with E-state index in [2.05, 4.69) is 14.9 Å². The molecule has 0 radical (unpaired) electrons. The summed E-state index contributed by atoms with van der Waals surface area (Å²) in [6, 6.07) is 1.92. The molecule has 3 aliphatic heterocycles. The summed E-state index contributed by atoms with van der Waals surface area (Å²) in [4.78, 5) is 11.1. The number of hydrogen-bond acceptors (Lipinski definition) is 7. The molecule has 0 aliphatic carbocycles.